The molecule has 9 heteroatoms. The monoisotopic (exact) mass is 428 g/mol. The van der Waals surface area contributed by atoms with Crippen molar-refractivity contribution < 1.29 is 23.5 Å². The lowest BCUT2D eigenvalue weighted by Crippen LogP contribution is -2.46. The van der Waals surface area contributed by atoms with E-state index in [4.69, 9.17) is 4.74 Å². The predicted molar refractivity (Wildman–Crippen MR) is 94.2 cm³/mol. The molecule has 6 nitrogen and oxygen atoms in total. The van der Waals surface area contributed by atoms with Gasteiger partial charge in [-0.25, -0.2) is 4.39 Å². The standard InChI is InChI=1S/C16H14BrFN2O4S/c17-11-7-10(1-2-12(11)18)8-13-15(22)20(16(23)25-13)9-14(21)19-3-5-24-6-4-19/h1-2,7-8H,3-6,9H2/b13-8-. The fraction of sp³-hybridized carbons (Fsp3) is 0.312. The highest BCUT2D eigenvalue weighted by atomic mass is 79.9. The number of amides is 3. The molecule has 2 aliphatic rings. The number of hydrogen-bond acceptors (Lipinski definition) is 5. The summed E-state index contributed by atoms with van der Waals surface area (Å²) >= 11 is 3.85. The zero-order valence-corrected chi connectivity index (χ0v) is 15.4. The SMILES string of the molecule is O=C(CN1C(=O)S/C(=C\c2ccc(F)c(Br)c2)C1=O)N1CCOCC1. The number of morpholine rings is 1. The molecule has 0 unspecified atom stereocenters. The van der Waals surface area contributed by atoms with E-state index in [2.05, 4.69) is 15.9 Å². The van der Waals surface area contributed by atoms with Crippen LogP contribution in [0.4, 0.5) is 9.18 Å². The van der Waals surface area contributed by atoms with Crippen molar-refractivity contribution in [1.82, 2.24) is 9.80 Å². The molecule has 2 fully saturated rings. The molecule has 0 radical (unpaired) electrons. The molecule has 0 spiro atoms. The first-order valence-corrected chi connectivity index (χ1v) is 9.12. The second kappa shape index (κ2) is 7.67. The molecule has 0 bridgehead atoms. The number of carbonyl (C=O) groups excluding carboxylic acids is 3. The molecule has 25 heavy (non-hydrogen) atoms. The summed E-state index contributed by atoms with van der Waals surface area (Å²) in [6, 6.07) is 4.29. The third-order valence-corrected chi connectivity index (χ3v) is 5.29. The number of nitrogens with zero attached hydrogens (tertiary/aromatic N) is 2. The number of carbonyl (C=O) groups is 3. The van der Waals surface area contributed by atoms with E-state index in [-0.39, 0.29) is 21.8 Å². The van der Waals surface area contributed by atoms with Crippen LogP contribution in [0.3, 0.4) is 0 Å². The quantitative estimate of drug-likeness (QED) is 0.691. The lowest BCUT2D eigenvalue weighted by molar-refractivity contribution is -0.139. The Morgan fingerprint density at radius 3 is 2.72 bits per heavy atom. The Balaban J connectivity index is 1.72. The summed E-state index contributed by atoms with van der Waals surface area (Å²) in [4.78, 5) is 39.5. The normalized spacial score (nSPS) is 19.8. The third kappa shape index (κ3) is 4.10. The smallest absolute Gasteiger partial charge is 0.294 e. The van der Waals surface area contributed by atoms with Gasteiger partial charge in [0.05, 0.1) is 22.6 Å². The van der Waals surface area contributed by atoms with E-state index in [1.54, 1.807) is 4.90 Å². The minimum atomic E-state index is -0.517. The van der Waals surface area contributed by atoms with Crippen molar-refractivity contribution in [1.29, 1.82) is 0 Å². The highest BCUT2D eigenvalue weighted by molar-refractivity contribution is 9.10. The summed E-state index contributed by atoms with van der Waals surface area (Å²) < 4.78 is 18.7. The number of rotatable bonds is 3. The van der Waals surface area contributed by atoms with Crippen molar-refractivity contribution in [2.24, 2.45) is 0 Å². The van der Waals surface area contributed by atoms with Gasteiger partial charge in [-0.1, -0.05) is 6.07 Å². The lowest BCUT2D eigenvalue weighted by atomic mass is 10.2. The van der Waals surface area contributed by atoms with E-state index in [1.165, 1.54) is 24.3 Å². The zero-order chi connectivity index (χ0) is 18.0. The maximum Gasteiger partial charge on any atom is 0.294 e. The number of imide groups is 1. The summed E-state index contributed by atoms with van der Waals surface area (Å²) in [5.74, 6) is -1.21. The fourth-order valence-electron chi connectivity index (χ4n) is 2.44. The number of benzene rings is 1. The van der Waals surface area contributed by atoms with Gasteiger partial charge >= 0.3 is 0 Å². The Kier molecular flexibility index (Phi) is 5.55. The summed E-state index contributed by atoms with van der Waals surface area (Å²) in [6.07, 6.45) is 1.51. The summed E-state index contributed by atoms with van der Waals surface area (Å²) in [6.45, 7) is 1.53. The number of ether oxygens (including phenoxy) is 1. The molecule has 3 amide bonds. The lowest BCUT2D eigenvalue weighted by Gasteiger charge is -2.28. The van der Waals surface area contributed by atoms with Gasteiger partial charge in [-0.2, -0.15) is 0 Å². The van der Waals surface area contributed by atoms with Crippen LogP contribution in [0.1, 0.15) is 5.56 Å². The van der Waals surface area contributed by atoms with Gasteiger partial charge in [0.2, 0.25) is 5.91 Å². The van der Waals surface area contributed by atoms with Gasteiger partial charge < -0.3 is 9.64 Å². The fourth-order valence-corrected chi connectivity index (χ4v) is 3.67. The van der Waals surface area contributed by atoms with Gasteiger partial charge in [0.25, 0.3) is 11.1 Å². The van der Waals surface area contributed by atoms with Crippen LogP contribution in [-0.4, -0.2) is 59.7 Å². The number of thioether (sulfide) groups is 1. The second-order valence-electron chi connectivity index (χ2n) is 5.43. The van der Waals surface area contributed by atoms with Crippen LogP contribution in [0.15, 0.2) is 27.6 Å². The largest absolute Gasteiger partial charge is 0.378 e. The van der Waals surface area contributed by atoms with Crippen LogP contribution in [0.25, 0.3) is 6.08 Å². The molecule has 1 aromatic rings. The molecule has 0 saturated carbocycles. The van der Waals surface area contributed by atoms with Crippen molar-refractivity contribution >= 4 is 50.8 Å². The van der Waals surface area contributed by atoms with Gasteiger partial charge in [0, 0.05) is 13.1 Å². The average molecular weight is 429 g/mol. The average Bonchev–Trinajstić information content (AvgIpc) is 2.86. The predicted octanol–water partition coefficient (Wildman–Crippen LogP) is 2.48. The van der Waals surface area contributed by atoms with Crippen molar-refractivity contribution in [3.8, 4) is 0 Å². The minimum absolute atomic E-state index is 0.207. The van der Waals surface area contributed by atoms with Crippen molar-refractivity contribution in [3.05, 3.63) is 39.0 Å². The van der Waals surface area contributed by atoms with E-state index in [0.717, 1.165) is 16.7 Å². The first-order valence-electron chi connectivity index (χ1n) is 7.51. The van der Waals surface area contributed by atoms with Crippen molar-refractivity contribution in [3.63, 3.8) is 0 Å². The van der Waals surface area contributed by atoms with Crippen LogP contribution >= 0.6 is 27.7 Å². The van der Waals surface area contributed by atoms with Crippen molar-refractivity contribution in [2.45, 2.75) is 0 Å². The van der Waals surface area contributed by atoms with Gasteiger partial charge in [-0.05, 0) is 51.5 Å². The van der Waals surface area contributed by atoms with E-state index >= 15 is 0 Å². The molecule has 132 valence electrons. The molecule has 0 aliphatic carbocycles. The van der Waals surface area contributed by atoms with Gasteiger partial charge in [-0.3, -0.25) is 19.3 Å². The number of halogens is 2. The Hall–Kier alpha value is -1.71. The molecule has 0 atom stereocenters. The Bertz CT molecular complexity index is 765. The Morgan fingerprint density at radius 1 is 1.32 bits per heavy atom. The topological polar surface area (TPSA) is 66.9 Å². The highest BCUT2D eigenvalue weighted by Gasteiger charge is 2.37. The van der Waals surface area contributed by atoms with Gasteiger partial charge in [0.15, 0.2) is 0 Å². The molecule has 2 aliphatic heterocycles. The zero-order valence-electron chi connectivity index (χ0n) is 13.0. The molecule has 3 rings (SSSR count). The number of hydrogen-bond donors (Lipinski definition) is 0. The first kappa shape index (κ1) is 18.1. The van der Waals surface area contributed by atoms with E-state index in [9.17, 15) is 18.8 Å². The van der Waals surface area contributed by atoms with Crippen LogP contribution in [0.2, 0.25) is 0 Å². The van der Waals surface area contributed by atoms with Crippen LogP contribution < -0.4 is 0 Å². The summed E-state index contributed by atoms with van der Waals surface area (Å²) in [7, 11) is 0. The second-order valence-corrected chi connectivity index (χ2v) is 7.28. The molecule has 2 saturated heterocycles. The highest BCUT2D eigenvalue weighted by Crippen LogP contribution is 2.32. The van der Waals surface area contributed by atoms with E-state index in [1.807, 2.05) is 0 Å². The van der Waals surface area contributed by atoms with Gasteiger partial charge in [-0.15, -0.1) is 0 Å². The van der Waals surface area contributed by atoms with E-state index < -0.39 is 17.0 Å². The van der Waals surface area contributed by atoms with Crippen LogP contribution in [-0.2, 0) is 14.3 Å². The van der Waals surface area contributed by atoms with E-state index in [0.29, 0.717) is 31.9 Å². The molecular weight excluding hydrogens is 415 g/mol. The van der Waals surface area contributed by atoms with Gasteiger partial charge in [0.1, 0.15) is 12.4 Å². The maximum absolute atomic E-state index is 13.3. The summed E-state index contributed by atoms with van der Waals surface area (Å²) in [5.41, 5.74) is 0.582. The molecule has 2 heterocycles. The third-order valence-electron chi connectivity index (χ3n) is 3.77. The van der Waals surface area contributed by atoms with Crippen molar-refractivity contribution in [2.75, 3.05) is 32.8 Å². The maximum atomic E-state index is 13.3. The van der Waals surface area contributed by atoms with Crippen LogP contribution in [0.5, 0.6) is 0 Å². The first-order chi connectivity index (χ1) is 12.0. The minimum Gasteiger partial charge on any atom is -0.378 e. The van der Waals surface area contributed by atoms with Crippen LogP contribution in [0, 0.1) is 5.82 Å². The Labute approximate surface area is 156 Å². The summed E-state index contributed by atoms with van der Waals surface area (Å²) in [5, 5.41) is -0.487. The molecule has 1 aromatic carbocycles. The molecule has 0 N–H and O–H groups in total. The Morgan fingerprint density at radius 2 is 2.04 bits per heavy atom. The molecule has 0 aromatic heterocycles. The molecular formula is C16H14BrFN2O4S.